The number of benzene rings is 2. The zero-order valence-electron chi connectivity index (χ0n) is 19.1. The van der Waals surface area contributed by atoms with Gasteiger partial charge in [-0.05, 0) is 43.7 Å². The molecule has 0 radical (unpaired) electrons. The lowest BCUT2D eigenvalue weighted by molar-refractivity contribution is -0.141. The van der Waals surface area contributed by atoms with Gasteiger partial charge in [-0.25, -0.2) is 9.99 Å². The number of nitrogens with zero attached hydrogens (tertiary/aromatic N) is 3. The van der Waals surface area contributed by atoms with Gasteiger partial charge in [-0.3, -0.25) is 4.79 Å². The molecule has 1 aliphatic heterocycles. The lowest BCUT2D eigenvalue weighted by Gasteiger charge is -2.28. The molecule has 166 valence electrons. The molecular weight excluding hydrogens is 422 g/mol. The van der Waals surface area contributed by atoms with Gasteiger partial charge >= 0.3 is 0 Å². The van der Waals surface area contributed by atoms with E-state index in [9.17, 15) is 4.79 Å². The first-order valence-electron chi connectivity index (χ1n) is 10.9. The number of aryl methyl sites for hydroxylation is 1. The Hall–Kier alpha value is -2.92. The Balaban J connectivity index is 1.79. The molecule has 0 aliphatic carbocycles. The molecule has 4 rings (SSSR count). The van der Waals surface area contributed by atoms with Crippen molar-refractivity contribution in [1.29, 1.82) is 0 Å². The Morgan fingerprint density at radius 2 is 1.88 bits per heavy atom. The number of carbonyl (C=O) groups excluding carboxylic acids is 1. The smallest absolute Gasteiger partial charge is 0.248 e. The molecule has 32 heavy (non-hydrogen) atoms. The van der Waals surface area contributed by atoms with Crippen molar-refractivity contribution in [3.8, 4) is 5.75 Å². The molecule has 0 saturated carbocycles. The number of hydrazone groups is 1. The van der Waals surface area contributed by atoms with E-state index in [2.05, 4.69) is 24.0 Å². The van der Waals surface area contributed by atoms with E-state index in [0.717, 1.165) is 33.5 Å². The highest BCUT2D eigenvalue weighted by Crippen LogP contribution is 2.39. The lowest BCUT2D eigenvalue weighted by Crippen LogP contribution is -2.36. The van der Waals surface area contributed by atoms with Gasteiger partial charge in [0, 0.05) is 22.8 Å². The van der Waals surface area contributed by atoms with E-state index in [4.69, 9.17) is 21.4 Å². The third-order valence-electron chi connectivity index (χ3n) is 5.58. The van der Waals surface area contributed by atoms with Crippen LogP contribution in [-0.4, -0.2) is 28.2 Å². The average Bonchev–Trinajstić information content (AvgIpc) is 3.18. The average molecular weight is 450 g/mol. The Labute approximate surface area is 194 Å². The minimum atomic E-state index is -0.580. The van der Waals surface area contributed by atoms with Crippen molar-refractivity contribution in [3.63, 3.8) is 0 Å². The molecule has 0 spiro atoms. The fraction of sp³-hybridized carbons (Fsp3) is 0.346. The van der Waals surface area contributed by atoms with Crippen LogP contribution in [0.25, 0.3) is 10.9 Å². The van der Waals surface area contributed by atoms with Crippen LogP contribution >= 0.6 is 11.6 Å². The highest BCUT2D eigenvalue weighted by atomic mass is 35.5. The summed E-state index contributed by atoms with van der Waals surface area (Å²) in [7, 11) is 0. The third kappa shape index (κ3) is 4.35. The molecule has 1 aromatic heterocycles. The maximum absolute atomic E-state index is 13.3. The van der Waals surface area contributed by atoms with Crippen LogP contribution in [0.4, 0.5) is 0 Å². The number of ether oxygens (including phenoxy) is 1. The molecular formula is C26H28ClN3O2. The van der Waals surface area contributed by atoms with Crippen molar-refractivity contribution in [2.45, 2.75) is 47.1 Å². The Morgan fingerprint density at radius 1 is 1.16 bits per heavy atom. The van der Waals surface area contributed by atoms with Crippen molar-refractivity contribution in [2.24, 2.45) is 10.5 Å². The summed E-state index contributed by atoms with van der Waals surface area (Å²) in [6.07, 6.45) is 0.572. The molecule has 3 aromatic rings. The number of carbonyl (C=O) groups is 1. The van der Waals surface area contributed by atoms with Crippen LogP contribution in [0.5, 0.6) is 5.75 Å². The summed E-state index contributed by atoms with van der Waals surface area (Å²) in [6.45, 7) is 10.3. The first kappa shape index (κ1) is 22.3. The van der Waals surface area contributed by atoms with Gasteiger partial charge in [-0.15, -0.1) is 0 Å². The monoisotopic (exact) mass is 449 g/mol. The van der Waals surface area contributed by atoms with Gasteiger partial charge < -0.3 is 4.74 Å². The molecule has 1 unspecified atom stereocenters. The second-order valence-corrected chi connectivity index (χ2v) is 9.55. The van der Waals surface area contributed by atoms with Gasteiger partial charge in [-0.1, -0.05) is 62.2 Å². The van der Waals surface area contributed by atoms with Crippen LogP contribution in [0, 0.1) is 12.3 Å². The van der Waals surface area contributed by atoms with Crippen LogP contribution in [0.15, 0.2) is 53.6 Å². The first-order chi connectivity index (χ1) is 15.2. The van der Waals surface area contributed by atoms with E-state index in [-0.39, 0.29) is 11.9 Å². The zero-order chi connectivity index (χ0) is 23.0. The molecule has 1 amide bonds. The molecule has 0 bridgehead atoms. The molecule has 2 heterocycles. The maximum atomic E-state index is 13.3. The minimum absolute atomic E-state index is 0.0520. The largest absolute Gasteiger partial charge is 0.494 e. The first-order valence-corrected chi connectivity index (χ1v) is 11.3. The summed E-state index contributed by atoms with van der Waals surface area (Å²) in [5, 5.41) is 7.67. The summed E-state index contributed by atoms with van der Waals surface area (Å²) >= 11 is 6.65. The lowest BCUT2D eigenvalue weighted by atomic mass is 9.93. The summed E-state index contributed by atoms with van der Waals surface area (Å²) in [5.41, 5.74) is 4.05. The quantitative estimate of drug-likeness (QED) is 0.438. The number of hydrogen-bond acceptors (Lipinski definition) is 4. The Morgan fingerprint density at radius 3 is 2.53 bits per heavy atom. The highest BCUT2D eigenvalue weighted by molar-refractivity contribution is 6.30. The van der Waals surface area contributed by atoms with Crippen LogP contribution < -0.4 is 4.74 Å². The normalized spacial score (nSPS) is 16.4. The van der Waals surface area contributed by atoms with Gasteiger partial charge in [-0.2, -0.15) is 5.10 Å². The summed E-state index contributed by atoms with van der Waals surface area (Å²) in [6, 6.07) is 15.6. The van der Waals surface area contributed by atoms with E-state index in [1.54, 1.807) is 5.01 Å². The number of halogens is 1. The van der Waals surface area contributed by atoms with Crippen LogP contribution in [0.1, 0.15) is 56.8 Å². The SMILES string of the molecule is CCOc1ccc2nc(Cl)c(C3CC(c4ccc(C)cc4)=NN3C(=O)C(C)(C)C)cc2c1. The van der Waals surface area contributed by atoms with Gasteiger partial charge in [0.1, 0.15) is 10.9 Å². The second-order valence-electron chi connectivity index (χ2n) is 9.19. The van der Waals surface area contributed by atoms with E-state index in [1.807, 2.05) is 64.1 Å². The van der Waals surface area contributed by atoms with Crippen molar-refractivity contribution < 1.29 is 9.53 Å². The van der Waals surface area contributed by atoms with Crippen LogP contribution in [0.3, 0.4) is 0 Å². The highest BCUT2D eigenvalue weighted by Gasteiger charge is 2.39. The summed E-state index contributed by atoms with van der Waals surface area (Å²) in [4.78, 5) is 17.9. The Bertz CT molecular complexity index is 1200. The van der Waals surface area contributed by atoms with Crippen molar-refractivity contribution in [1.82, 2.24) is 9.99 Å². The molecule has 0 fully saturated rings. The number of pyridine rings is 1. The number of aromatic nitrogens is 1. The third-order valence-corrected chi connectivity index (χ3v) is 5.88. The fourth-order valence-corrected chi connectivity index (χ4v) is 4.11. The molecule has 5 nitrogen and oxygen atoms in total. The van der Waals surface area contributed by atoms with E-state index in [1.165, 1.54) is 5.56 Å². The molecule has 0 saturated heterocycles. The molecule has 1 aliphatic rings. The van der Waals surface area contributed by atoms with Gasteiger partial charge in [0.2, 0.25) is 5.91 Å². The van der Waals surface area contributed by atoms with E-state index < -0.39 is 5.41 Å². The van der Waals surface area contributed by atoms with Gasteiger partial charge in [0.05, 0.1) is 23.9 Å². The second kappa shape index (κ2) is 8.55. The fourth-order valence-electron chi connectivity index (χ4n) is 3.84. The maximum Gasteiger partial charge on any atom is 0.248 e. The molecule has 2 aromatic carbocycles. The number of fused-ring (bicyclic) bond motifs is 1. The van der Waals surface area contributed by atoms with Crippen molar-refractivity contribution in [3.05, 3.63) is 70.4 Å². The topological polar surface area (TPSA) is 54.8 Å². The molecule has 0 N–H and O–H groups in total. The summed E-state index contributed by atoms with van der Waals surface area (Å²) < 4.78 is 5.65. The summed E-state index contributed by atoms with van der Waals surface area (Å²) in [5.74, 6) is 0.726. The van der Waals surface area contributed by atoms with Gasteiger partial charge in [0.15, 0.2) is 0 Å². The van der Waals surface area contributed by atoms with Crippen LogP contribution in [0.2, 0.25) is 5.15 Å². The number of amides is 1. The standard InChI is InChI=1S/C26H28ClN3O2/c1-6-32-19-11-12-21-18(13-19)14-20(24(27)28-21)23-15-22(17-9-7-16(2)8-10-17)29-30(23)25(31)26(3,4)5/h7-14,23H,6,15H2,1-5H3. The minimum Gasteiger partial charge on any atom is -0.494 e. The van der Waals surface area contributed by atoms with E-state index in [0.29, 0.717) is 18.2 Å². The van der Waals surface area contributed by atoms with Crippen LogP contribution in [-0.2, 0) is 4.79 Å². The Kier molecular flexibility index (Phi) is 5.95. The number of rotatable bonds is 4. The van der Waals surface area contributed by atoms with Gasteiger partial charge in [0.25, 0.3) is 0 Å². The zero-order valence-corrected chi connectivity index (χ0v) is 19.9. The predicted molar refractivity (Wildman–Crippen MR) is 129 cm³/mol. The van der Waals surface area contributed by atoms with E-state index >= 15 is 0 Å². The molecule has 1 atom stereocenters. The van der Waals surface area contributed by atoms with Crippen molar-refractivity contribution in [2.75, 3.05) is 6.61 Å². The number of hydrogen-bond donors (Lipinski definition) is 0. The van der Waals surface area contributed by atoms with Crippen molar-refractivity contribution >= 4 is 34.1 Å². The predicted octanol–water partition coefficient (Wildman–Crippen LogP) is 6.32. The molecule has 6 heteroatoms.